The van der Waals surface area contributed by atoms with Gasteiger partial charge in [-0.2, -0.15) is 0 Å². The average Bonchev–Trinajstić information content (AvgIpc) is 2.76. The van der Waals surface area contributed by atoms with Gasteiger partial charge >= 0.3 is 0 Å². The van der Waals surface area contributed by atoms with Gasteiger partial charge in [-0.3, -0.25) is 0 Å². The predicted octanol–water partition coefficient (Wildman–Crippen LogP) is 3.19. The number of aryl methyl sites for hydroxylation is 1. The highest BCUT2D eigenvalue weighted by molar-refractivity contribution is 9.11. The van der Waals surface area contributed by atoms with E-state index < -0.39 is 0 Å². The molecule has 0 atom stereocenters. The summed E-state index contributed by atoms with van der Waals surface area (Å²) in [5.74, 6) is 0.694. The molecule has 2 heterocycles. The molecular weight excluding hydrogens is 276 g/mol. The summed E-state index contributed by atoms with van der Waals surface area (Å²) in [5.41, 5.74) is 2.14. The smallest absolute Gasteiger partial charge is 0.236 e. The molecule has 0 spiro atoms. The van der Waals surface area contributed by atoms with Gasteiger partial charge in [-0.15, -0.1) is 11.3 Å². The number of oxazole rings is 1. The second-order valence-electron chi connectivity index (χ2n) is 3.24. The Balaban J connectivity index is 2.28. The predicted molar refractivity (Wildman–Crippen MR) is 65.0 cm³/mol. The molecule has 0 bridgehead atoms. The SMILES string of the molecule is CNCc1coc(-c2cc(C)c(Br)s2)n1. The number of thiophene rings is 1. The Morgan fingerprint density at radius 3 is 3.00 bits per heavy atom. The third kappa shape index (κ3) is 2.30. The number of nitrogens with zero attached hydrogens (tertiary/aromatic N) is 1. The van der Waals surface area contributed by atoms with Gasteiger partial charge < -0.3 is 9.73 Å². The number of aromatic nitrogens is 1. The molecule has 2 aromatic rings. The van der Waals surface area contributed by atoms with Gasteiger partial charge in [-0.25, -0.2) is 4.98 Å². The molecule has 0 saturated heterocycles. The minimum absolute atomic E-state index is 0.694. The Hall–Kier alpha value is -0.650. The monoisotopic (exact) mass is 286 g/mol. The number of hydrogen-bond donors (Lipinski definition) is 1. The highest BCUT2D eigenvalue weighted by atomic mass is 79.9. The van der Waals surface area contributed by atoms with Crippen molar-refractivity contribution in [2.45, 2.75) is 13.5 Å². The third-order valence-corrected chi connectivity index (χ3v) is 4.10. The van der Waals surface area contributed by atoms with Gasteiger partial charge in [0.1, 0.15) is 6.26 Å². The van der Waals surface area contributed by atoms with E-state index in [9.17, 15) is 0 Å². The topological polar surface area (TPSA) is 38.1 Å². The fourth-order valence-corrected chi connectivity index (χ4v) is 2.72. The summed E-state index contributed by atoms with van der Waals surface area (Å²) in [7, 11) is 1.89. The Kier molecular flexibility index (Phi) is 3.23. The zero-order valence-corrected chi connectivity index (χ0v) is 10.9. The van der Waals surface area contributed by atoms with Gasteiger partial charge in [0, 0.05) is 6.54 Å². The van der Waals surface area contributed by atoms with Crippen molar-refractivity contribution < 1.29 is 4.42 Å². The first-order valence-corrected chi connectivity index (χ1v) is 6.17. The van der Waals surface area contributed by atoms with Crippen molar-refractivity contribution in [1.82, 2.24) is 10.3 Å². The molecule has 0 aliphatic rings. The standard InChI is InChI=1S/C10H11BrN2OS/c1-6-3-8(15-9(6)11)10-13-7(4-12-2)5-14-10/h3,5,12H,4H2,1-2H3. The number of halogens is 1. The van der Waals surface area contributed by atoms with Gasteiger partial charge in [0.05, 0.1) is 14.4 Å². The van der Waals surface area contributed by atoms with Crippen molar-refractivity contribution in [1.29, 1.82) is 0 Å². The fraction of sp³-hybridized carbons (Fsp3) is 0.300. The Morgan fingerprint density at radius 1 is 1.60 bits per heavy atom. The van der Waals surface area contributed by atoms with Crippen LogP contribution in [-0.4, -0.2) is 12.0 Å². The lowest BCUT2D eigenvalue weighted by atomic mass is 10.3. The number of rotatable bonds is 3. The van der Waals surface area contributed by atoms with Crippen molar-refractivity contribution in [3.05, 3.63) is 27.4 Å². The quantitative estimate of drug-likeness (QED) is 0.942. The van der Waals surface area contributed by atoms with Crippen LogP contribution in [0.15, 0.2) is 20.5 Å². The van der Waals surface area contributed by atoms with Crippen LogP contribution in [0.3, 0.4) is 0 Å². The van der Waals surface area contributed by atoms with Crippen LogP contribution in [0.4, 0.5) is 0 Å². The van der Waals surface area contributed by atoms with Crippen LogP contribution >= 0.6 is 27.3 Å². The van der Waals surface area contributed by atoms with Crippen LogP contribution in [0.2, 0.25) is 0 Å². The van der Waals surface area contributed by atoms with Crippen LogP contribution < -0.4 is 5.32 Å². The molecule has 0 aliphatic carbocycles. The van der Waals surface area contributed by atoms with E-state index in [1.165, 1.54) is 5.56 Å². The van der Waals surface area contributed by atoms with Crippen molar-refractivity contribution >= 4 is 27.3 Å². The summed E-state index contributed by atoms with van der Waals surface area (Å²) in [6, 6.07) is 2.07. The summed E-state index contributed by atoms with van der Waals surface area (Å²) in [4.78, 5) is 5.44. The molecule has 15 heavy (non-hydrogen) atoms. The molecule has 0 unspecified atom stereocenters. The Morgan fingerprint density at radius 2 is 2.40 bits per heavy atom. The van der Waals surface area contributed by atoms with E-state index in [0.717, 1.165) is 20.9 Å². The third-order valence-electron chi connectivity index (χ3n) is 1.98. The molecule has 0 aromatic carbocycles. The van der Waals surface area contributed by atoms with Gasteiger partial charge in [-0.1, -0.05) is 0 Å². The van der Waals surface area contributed by atoms with Crippen LogP contribution in [-0.2, 0) is 6.54 Å². The molecular formula is C10H11BrN2OS. The fourth-order valence-electron chi connectivity index (χ4n) is 1.25. The molecule has 5 heteroatoms. The zero-order valence-electron chi connectivity index (χ0n) is 8.50. The molecule has 0 amide bonds. The minimum Gasteiger partial charge on any atom is -0.444 e. The first-order valence-electron chi connectivity index (χ1n) is 4.56. The lowest BCUT2D eigenvalue weighted by Crippen LogP contribution is -2.04. The van der Waals surface area contributed by atoms with E-state index in [1.807, 2.05) is 7.05 Å². The lowest BCUT2D eigenvalue weighted by Gasteiger charge is -1.89. The van der Waals surface area contributed by atoms with Crippen molar-refractivity contribution in [3.8, 4) is 10.8 Å². The van der Waals surface area contributed by atoms with Crippen LogP contribution in [0.1, 0.15) is 11.3 Å². The molecule has 80 valence electrons. The van der Waals surface area contributed by atoms with Gasteiger partial charge in [0.15, 0.2) is 0 Å². The van der Waals surface area contributed by atoms with Crippen LogP contribution in [0, 0.1) is 6.92 Å². The Labute approximate surface area is 101 Å². The number of nitrogens with one attached hydrogen (secondary N) is 1. The summed E-state index contributed by atoms with van der Waals surface area (Å²) in [6.07, 6.45) is 1.69. The lowest BCUT2D eigenvalue weighted by molar-refractivity contribution is 0.573. The molecule has 0 fully saturated rings. The minimum atomic E-state index is 0.694. The summed E-state index contributed by atoms with van der Waals surface area (Å²) in [6.45, 7) is 2.79. The first-order chi connectivity index (χ1) is 7.20. The van der Waals surface area contributed by atoms with E-state index in [4.69, 9.17) is 4.42 Å². The van der Waals surface area contributed by atoms with E-state index in [1.54, 1.807) is 17.6 Å². The van der Waals surface area contributed by atoms with E-state index in [-0.39, 0.29) is 0 Å². The van der Waals surface area contributed by atoms with Crippen molar-refractivity contribution in [2.75, 3.05) is 7.05 Å². The normalized spacial score (nSPS) is 10.9. The molecule has 2 aromatic heterocycles. The van der Waals surface area contributed by atoms with Gasteiger partial charge in [-0.05, 0) is 41.5 Å². The first kappa shape index (κ1) is 10.9. The maximum absolute atomic E-state index is 5.41. The molecule has 1 N–H and O–H groups in total. The highest BCUT2D eigenvalue weighted by Gasteiger charge is 2.10. The van der Waals surface area contributed by atoms with Gasteiger partial charge in [0.25, 0.3) is 0 Å². The highest BCUT2D eigenvalue weighted by Crippen LogP contribution is 2.34. The van der Waals surface area contributed by atoms with Crippen LogP contribution in [0.5, 0.6) is 0 Å². The maximum atomic E-state index is 5.41. The summed E-state index contributed by atoms with van der Waals surface area (Å²) in [5, 5.41) is 3.04. The van der Waals surface area contributed by atoms with Crippen molar-refractivity contribution in [2.24, 2.45) is 0 Å². The number of hydrogen-bond acceptors (Lipinski definition) is 4. The van der Waals surface area contributed by atoms with E-state index >= 15 is 0 Å². The van der Waals surface area contributed by atoms with E-state index in [0.29, 0.717) is 5.89 Å². The molecule has 3 nitrogen and oxygen atoms in total. The average molecular weight is 287 g/mol. The summed E-state index contributed by atoms with van der Waals surface area (Å²) >= 11 is 5.13. The second kappa shape index (κ2) is 4.47. The van der Waals surface area contributed by atoms with Crippen molar-refractivity contribution in [3.63, 3.8) is 0 Å². The molecule has 0 saturated carbocycles. The maximum Gasteiger partial charge on any atom is 0.236 e. The molecule has 2 rings (SSSR count). The molecule has 0 aliphatic heterocycles. The largest absolute Gasteiger partial charge is 0.444 e. The van der Waals surface area contributed by atoms with Gasteiger partial charge in [0.2, 0.25) is 5.89 Å². The zero-order chi connectivity index (χ0) is 10.8. The summed E-state index contributed by atoms with van der Waals surface area (Å²) < 4.78 is 6.54. The van der Waals surface area contributed by atoms with E-state index in [2.05, 4.69) is 39.2 Å². The molecule has 0 radical (unpaired) electrons. The second-order valence-corrected chi connectivity index (χ2v) is 5.61. The van der Waals surface area contributed by atoms with Crippen LogP contribution in [0.25, 0.3) is 10.8 Å². The Bertz CT molecular complexity index is 444.